The zero-order valence-electron chi connectivity index (χ0n) is 13.5. The van der Waals surface area contributed by atoms with Gasteiger partial charge in [0.15, 0.2) is 11.5 Å². The van der Waals surface area contributed by atoms with E-state index >= 15 is 0 Å². The van der Waals surface area contributed by atoms with Gasteiger partial charge in [0.25, 0.3) is 0 Å². The third-order valence-electron chi connectivity index (χ3n) is 3.61. The number of hydrogen-bond donors (Lipinski definition) is 2. The molecule has 0 unspecified atom stereocenters. The van der Waals surface area contributed by atoms with E-state index in [9.17, 15) is 10.4 Å². The SMILES string of the molecule is CCOc1cc(/C=C(/C#N)c2nc3ccc(C)cc3[nH]2)ccc1O. The number of ether oxygens (including phenoxy) is 1. The lowest BCUT2D eigenvalue weighted by molar-refractivity contribution is 0.318. The average molecular weight is 319 g/mol. The summed E-state index contributed by atoms with van der Waals surface area (Å²) in [4.78, 5) is 7.65. The number of nitrogens with one attached hydrogen (secondary N) is 1. The Morgan fingerprint density at radius 3 is 2.92 bits per heavy atom. The summed E-state index contributed by atoms with van der Waals surface area (Å²) in [6.45, 7) is 4.31. The van der Waals surface area contributed by atoms with E-state index in [-0.39, 0.29) is 5.75 Å². The van der Waals surface area contributed by atoms with Gasteiger partial charge in [0, 0.05) is 0 Å². The molecule has 0 amide bonds. The molecule has 0 saturated heterocycles. The lowest BCUT2D eigenvalue weighted by atomic mass is 10.1. The van der Waals surface area contributed by atoms with Crippen LogP contribution in [0.4, 0.5) is 0 Å². The molecule has 1 heterocycles. The lowest BCUT2D eigenvalue weighted by Gasteiger charge is -2.06. The minimum atomic E-state index is 0.0757. The minimum absolute atomic E-state index is 0.0757. The number of aryl methyl sites for hydroxylation is 1. The number of phenolic OH excluding ortho intramolecular Hbond substituents is 1. The number of imidazole rings is 1. The first-order valence-electron chi connectivity index (χ1n) is 7.65. The zero-order chi connectivity index (χ0) is 17.1. The fraction of sp³-hybridized carbons (Fsp3) is 0.158. The second kappa shape index (κ2) is 6.47. The van der Waals surface area contributed by atoms with Gasteiger partial charge >= 0.3 is 0 Å². The van der Waals surface area contributed by atoms with Crippen LogP contribution < -0.4 is 4.74 Å². The second-order valence-corrected chi connectivity index (χ2v) is 5.44. The van der Waals surface area contributed by atoms with Crippen molar-refractivity contribution >= 4 is 22.7 Å². The van der Waals surface area contributed by atoms with E-state index in [2.05, 4.69) is 16.0 Å². The predicted octanol–water partition coefficient (Wildman–Crippen LogP) is 4.04. The van der Waals surface area contributed by atoms with Gasteiger partial charge in [-0.1, -0.05) is 12.1 Å². The molecule has 5 nitrogen and oxygen atoms in total. The van der Waals surface area contributed by atoms with Crippen LogP contribution in [0.5, 0.6) is 11.5 Å². The first-order chi connectivity index (χ1) is 11.6. The molecule has 2 N–H and O–H groups in total. The highest BCUT2D eigenvalue weighted by Crippen LogP contribution is 2.28. The second-order valence-electron chi connectivity index (χ2n) is 5.44. The number of fused-ring (bicyclic) bond motifs is 1. The molecule has 3 aromatic rings. The quantitative estimate of drug-likeness (QED) is 0.711. The number of phenols is 1. The molecule has 0 atom stereocenters. The zero-order valence-corrected chi connectivity index (χ0v) is 13.5. The topological polar surface area (TPSA) is 81.9 Å². The van der Waals surface area contributed by atoms with E-state index in [0.717, 1.165) is 22.2 Å². The number of nitrogens with zero attached hydrogens (tertiary/aromatic N) is 2. The number of benzene rings is 2. The van der Waals surface area contributed by atoms with Crippen LogP contribution in [0.3, 0.4) is 0 Å². The van der Waals surface area contributed by atoms with Crippen molar-refractivity contribution in [2.45, 2.75) is 13.8 Å². The van der Waals surface area contributed by atoms with Crippen molar-refractivity contribution in [2.24, 2.45) is 0 Å². The van der Waals surface area contributed by atoms with Crippen LogP contribution in [0.1, 0.15) is 23.9 Å². The van der Waals surface area contributed by atoms with Gasteiger partial charge in [-0.15, -0.1) is 0 Å². The van der Waals surface area contributed by atoms with Crippen LogP contribution in [-0.2, 0) is 0 Å². The van der Waals surface area contributed by atoms with Gasteiger partial charge in [-0.05, 0) is 55.3 Å². The Bertz CT molecular complexity index is 964. The Morgan fingerprint density at radius 2 is 2.17 bits per heavy atom. The van der Waals surface area contributed by atoms with E-state index in [0.29, 0.717) is 23.8 Å². The van der Waals surface area contributed by atoms with Crippen LogP contribution in [0.2, 0.25) is 0 Å². The van der Waals surface area contributed by atoms with Gasteiger partial charge in [0.05, 0.1) is 23.2 Å². The van der Waals surface area contributed by atoms with Gasteiger partial charge < -0.3 is 14.8 Å². The number of H-pyrrole nitrogens is 1. The van der Waals surface area contributed by atoms with Crippen molar-refractivity contribution in [3.05, 3.63) is 53.3 Å². The van der Waals surface area contributed by atoms with Crippen molar-refractivity contribution in [1.82, 2.24) is 9.97 Å². The molecule has 24 heavy (non-hydrogen) atoms. The average Bonchev–Trinajstić information content (AvgIpc) is 2.98. The van der Waals surface area contributed by atoms with Gasteiger partial charge in [0.2, 0.25) is 0 Å². The van der Waals surface area contributed by atoms with E-state index < -0.39 is 0 Å². The molecule has 3 rings (SSSR count). The third-order valence-corrected chi connectivity index (χ3v) is 3.61. The molecule has 0 aliphatic rings. The van der Waals surface area contributed by atoms with Crippen LogP contribution in [-0.4, -0.2) is 21.7 Å². The van der Waals surface area contributed by atoms with Crippen LogP contribution in [0.25, 0.3) is 22.7 Å². The third kappa shape index (κ3) is 3.08. The van der Waals surface area contributed by atoms with Gasteiger partial charge in [-0.25, -0.2) is 4.98 Å². The lowest BCUT2D eigenvalue weighted by Crippen LogP contribution is -1.92. The molecule has 0 radical (unpaired) electrons. The largest absolute Gasteiger partial charge is 0.504 e. The van der Waals surface area contributed by atoms with Crippen LogP contribution >= 0.6 is 0 Å². The molecule has 0 spiro atoms. The summed E-state index contributed by atoms with van der Waals surface area (Å²) in [6.07, 6.45) is 1.71. The fourth-order valence-electron chi connectivity index (χ4n) is 2.46. The smallest absolute Gasteiger partial charge is 0.161 e. The highest BCUT2D eigenvalue weighted by Gasteiger charge is 2.09. The van der Waals surface area contributed by atoms with Crippen molar-refractivity contribution in [3.63, 3.8) is 0 Å². The molecule has 2 aromatic carbocycles. The van der Waals surface area contributed by atoms with E-state index in [4.69, 9.17) is 4.74 Å². The maximum Gasteiger partial charge on any atom is 0.161 e. The van der Waals surface area contributed by atoms with Crippen molar-refractivity contribution in [1.29, 1.82) is 5.26 Å². The summed E-state index contributed by atoms with van der Waals surface area (Å²) in [5.74, 6) is 0.986. The van der Waals surface area contributed by atoms with Crippen molar-refractivity contribution in [2.75, 3.05) is 6.61 Å². The number of aromatic amines is 1. The first kappa shape index (κ1) is 15.6. The minimum Gasteiger partial charge on any atom is -0.504 e. The highest BCUT2D eigenvalue weighted by molar-refractivity contribution is 5.90. The molecule has 0 saturated carbocycles. The molecule has 5 heteroatoms. The van der Waals surface area contributed by atoms with Gasteiger partial charge in [0.1, 0.15) is 11.9 Å². The molecule has 0 aliphatic heterocycles. The van der Waals surface area contributed by atoms with E-state index in [1.54, 1.807) is 24.3 Å². The molecule has 0 fully saturated rings. The monoisotopic (exact) mass is 319 g/mol. The molecular weight excluding hydrogens is 302 g/mol. The van der Waals surface area contributed by atoms with Crippen LogP contribution in [0.15, 0.2) is 36.4 Å². The Balaban J connectivity index is 2.02. The predicted molar refractivity (Wildman–Crippen MR) is 93.6 cm³/mol. The Hall–Kier alpha value is -3.26. The molecule has 1 aromatic heterocycles. The van der Waals surface area contributed by atoms with E-state index in [1.807, 2.05) is 32.0 Å². The number of rotatable bonds is 4. The standard InChI is InChI=1S/C19H17N3O2/c1-3-24-18-10-13(5-7-17(18)23)9-14(11-20)19-21-15-6-4-12(2)8-16(15)22-19/h4-10,23H,3H2,1-2H3,(H,21,22)/b14-9-. The van der Waals surface area contributed by atoms with Crippen molar-refractivity contribution in [3.8, 4) is 17.6 Å². The molecule has 0 aliphatic carbocycles. The fourth-order valence-corrected chi connectivity index (χ4v) is 2.46. The van der Waals surface area contributed by atoms with Crippen LogP contribution in [0, 0.1) is 18.3 Å². The molecule has 120 valence electrons. The Morgan fingerprint density at radius 1 is 1.33 bits per heavy atom. The number of hydrogen-bond acceptors (Lipinski definition) is 4. The number of allylic oxidation sites excluding steroid dienone is 1. The van der Waals surface area contributed by atoms with E-state index in [1.165, 1.54) is 0 Å². The number of aromatic nitrogens is 2. The molecular formula is C19H17N3O2. The highest BCUT2D eigenvalue weighted by atomic mass is 16.5. The summed E-state index contributed by atoms with van der Waals surface area (Å²) < 4.78 is 5.37. The summed E-state index contributed by atoms with van der Waals surface area (Å²) >= 11 is 0. The normalized spacial score (nSPS) is 11.5. The summed E-state index contributed by atoms with van der Waals surface area (Å²) in [5.41, 5.74) is 4.01. The maximum atomic E-state index is 9.77. The summed E-state index contributed by atoms with van der Waals surface area (Å²) in [7, 11) is 0. The van der Waals surface area contributed by atoms with Gasteiger partial charge in [-0.3, -0.25) is 0 Å². The Labute approximate surface area is 139 Å². The first-order valence-corrected chi connectivity index (χ1v) is 7.65. The molecule has 0 bridgehead atoms. The maximum absolute atomic E-state index is 9.77. The summed E-state index contributed by atoms with van der Waals surface area (Å²) in [6, 6.07) is 13.0. The number of aromatic hydroxyl groups is 1. The summed E-state index contributed by atoms with van der Waals surface area (Å²) in [5, 5.41) is 19.3. The van der Waals surface area contributed by atoms with Crippen molar-refractivity contribution < 1.29 is 9.84 Å². The number of nitriles is 1. The van der Waals surface area contributed by atoms with Gasteiger partial charge in [-0.2, -0.15) is 5.26 Å². The Kier molecular flexibility index (Phi) is 4.21.